The molecule has 0 saturated heterocycles. The predicted octanol–water partition coefficient (Wildman–Crippen LogP) is 1.10. The van der Waals surface area contributed by atoms with Crippen LogP contribution in [0.15, 0.2) is 6.20 Å². The van der Waals surface area contributed by atoms with Gasteiger partial charge in [0.25, 0.3) is 0 Å². The summed E-state index contributed by atoms with van der Waals surface area (Å²) in [6, 6.07) is 2.32. The number of carbonyl (C=O) groups excluding carboxylic acids is 1. The van der Waals surface area contributed by atoms with Gasteiger partial charge in [-0.25, -0.2) is 4.98 Å². The van der Waals surface area contributed by atoms with E-state index in [0.29, 0.717) is 9.47 Å². The molecule has 2 N–H and O–H groups in total. The van der Waals surface area contributed by atoms with Crippen LogP contribution in [0.5, 0.6) is 0 Å². The number of anilines is 1. The van der Waals surface area contributed by atoms with Crippen molar-refractivity contribution >= 4 is 34.0 Å². The molecule has 0 unspecified atom stereocenters. The lowest BCUT2D eigenvalue weighted by Crippen LogP contribution is -2.50. The molecule has 0 aromatic carbocycles. The Morgan fingerprint density at radius 1 is 1.57 bits per heavy atom. The van der Waals surface area contributed by atoms with Gasteiger partial charge in [0.2, 0.25) is 5.91 Å². The van der Waals surface area contributed by atoms with Gasteiger partial charge in [-0.05, 0) is 12.8 Å². The average molecular weight is 352 g/mol. The van der Waals surface area contributed by atoms with Crippen LogP contribution in [-0.4, -0.2) is 38.0 Å². The van der Waals surface area contributed by atoms with Crippen molar-refractivity contribution in [3.63, 3.8) is 0 Å². The number of nitriles is 1. The molecular formula is C13H14ClN7OS. The predicted molar refractivity (Wildman–Crippen MR) is 85.1 cm³/mol. The Hall–Kier alpha value is -2.18. The zero-order valence-electron chi connectivity index (χ0n) is 12.3. The zero-order chi connectivity index (χ0) is 16.4. The van der Waals surface area contributed by atoms with E-state index in [4.69, 9.17) is 16.9 Å². The Labute approximate surface area is 141 Å². The number of rotatable bonds is 5. The van der Waals surface area contributed by atoms with Crippen LogP contribution in [0.1, 0.15) is 24.2 Å². The van der Waals surface area contributed by atoms with Gasteiger partial charge in [0.05, 0.1) is 18.3 Å². The third kappa shape index (κ3) is 3.60. The molecule has 1 aliphatic carbocycles. The molecule has 1 amide bonds. The number of aromatic nitrogens is 4. The molecule has 10 heteroatoms. The molecule has 2 aromatic rings. The maximum absolute atomic E-state index is 12.0. The first-order valence-electron chi connectivity index (χ1n) is 7.01. The van der Waals surface area contributed by atoms with Gasteiger partial charge in [0, 0.05) is 19.1 Å². The molecule has 2 heterocycles. The van der Waals surface area contributed by atoms with Crippen LogP contribution >= 0.6 is 22.9 Å². The van der Waals surface area contributed by atoms with Gasteiger partial charge >= 0.3 is 0 Å². The van der Waals surface area contributed by atoms with Gasteiger partial charge in [0.15, 0.2) is 10.8 Å². The quantitative estimate of drug-likeness (QED) is 0.835. The summed E-state index contributed by atoms with van der Waals surface area (Å²) in [7, 11) is 1.76. The number of aryl methyl sites for hydroxylation is 1. The van der Waals surface area contributed by atoms with E-state index in [2.05, 4.69) is 25.9 Å². The molecule has 0 atom stereocenters. The van der Waals surface area contributed by atoms with Gasteiger partial charge in [-0.3, -0.25) is 9.48 Å². The monoisotopic (exact) mass is 351 g/mol. The lowest BCUT2D eigenvalue weighted by Gasteiger charge is -2.36. The van der Waals surface area contributed by atoms with Crippen molar-refractivity contribution in [2.75, 3.05) is 5.32 Å². The van der Waals surface area contributed by atoms with Crippen LogP contribution in [0.4, 0.5) is 5.13 Å². The molecule has 2 aromatic heterocycles. The molecule has 1 saturated carbocycles. The molecule has 1 fully saturated rings. The normalized spacial score (nSPS) is 19.7. The number of thiazole rings is 1. The van der Waals surface area contributed by atoms with E-state index in [1.54, 1.807) is 17.9 Å². The summed E-state index contributed by atoms with van der Waals surface area (Å²) in [5.41, 5.74) is 1.02. The van der Waals surface area contributed by atoms with Crippen molar-refractivity contribution < 1.29 is 4.79 Å². The van der Waals surface area contributed by atoms with E-state index in [-0.39, 0.29) is 30.1 Å². The summed E-state index contributed by atoms with van der Waals surface area (Å²) < 4.78 is 1.98. The molecular weight excluding hydrogens is 338 g/mol. The van der Waals surface area contributed by atoms with E-state index >= 15 is 0 Å². The molecule has 0 aliphatic heterocycles. The largest absolute Gasteiger partial charge is 0.359 e. The number of halogens is 1. The third-order valence-corrected chi connectivity index (χ3v) is 4.86. The van der Waals surface area contributed by atoms with Gasteiger partial charge in [-0.1, -0.05) is 28.2 Å². The van der Waals surface area contributed by atoms with Crippen molar-refractivity contribution in [1.29, 1.82) is 5.26 Å². The molecule has 1 aliphatic rings. The van der Waals surface area contributed by atoms with Crippen LogP contribution in [0.3, 0.4) is 0 Å². The van der Waals surface area contributed by atoms with Crippen LogP contribution in [0.2, 0.25) is 4.34 Å². The number of hydrogen-bond donors (Lipinski definition) is 2. The minimum atomic E-state index is -0.0390. The Morgan fingerprint density at radius 2 is 2.35 bits per heavy atom. The summed E-state index contributed by atoms with van der Waals surface area (Å²) >= 11 is 7.14. The summed E-state index contributed by atoms with van der Waals surface area (Å²) in [5.74, 6) is -0.0390. The Bertz CT molecular complexity index is 759. The van der Waals surface area contributed by atoms with Crippen molar-refractivity contribution in [3.8, 4) is 6.07 Å². The first-order valence-corrected chi connectivity index (χ1v) is 8.20. The highest BCUT2D eigenvalue weighted by Gasteiger charge is 2.31. The summed E-state index contributed by atoms with van der Waals surface area (Å²) in [4.78, 5) is 16.1. The second-order valence-electron chi connectivity index (χ2n) is 5.36. The molecule has 8 nitrogen and oxygen atoms in total. The third-order valence-electron chi connectivity index (χ3n) is 3.67. The summed E-state index contributed by atoms with van der Waals surface area (Å²) in [6.45, 7) is 0. The first-order chi connectivity index (χ1) is 11.0. The zero-order valence-corrected chi connectivity index (χ0v) is 13.9. The Kier molecular flexibility index (Phi) is 4.45. The smallest absolute Gasteiger partial charge is 0.226 e. The lowest BCUT2D eigenvalue weighted by molar-refractivity contribution is -0.121. The maximum atomic E-state index is 12.0. The van der Waals surface area contributed by atoms with Crippen LogP contribution in [0, 0.1) is 11.3 Å². The van der Waals surface area contributed by atoms with Crippen LogP contribution < -0.4 is 10.6 Å². The highest BCUT2D eigenvalue weighted by molar-refractivity contribution is 7.19. The summed E-state index contributed by atoms with van der Waals surface area (Å²) in [5, 5.41) is 23.2. The second kappa shape index (κ2) is 6.52. The van der Waals surface area contributed by atoms with Crippen LogP contribution in [-0.2, 0) is 18.3 Å². The van der Waals surface area contributed by atoms with E-state index in [1.165, 1.54) is 11.3 Å². The van der Waals surface area contributed by atoms with Crippen molar-refractivity contribution in [2.45, 2.75) is 31.3 Å². The SMILES string of the molecule is Cn1nncc1CC(=O)NC1CC(Nc2nc(C#N)c(Cl)s2)C1. The molecule has 0 radical (unpaired) electrons. The molecule has 0 spiro atoms. The molecule has 120 valence electrons. The average Bonchev–Trinajstić information content (AvgIpc) is 3.02. The molecule has 3 rings (SSSR count). The first kappa shape index (κ1) is 15.7. The lowest BCUT2D eigenvalue weighted by atomic mass is 9.87. The molecule has 23 heavy (non-hydrogen) atoms. The van der Waals surface area contributed by atoms with Gasteiger partial charge in [-0.2, -0.15) is 5.26 Å². The van der Waals surface area contributed by atoms with E-state index < -0.39 is 0 Å². The number of amides is 1. The Morgan fingerprint density at radius 3 is 2.96 bits per heavy atom. The minimum Gasteiger partial charge on any atom is -0.359 e. The molecule has 0 bridgehead atoms. The minimum absolute atomic E-state index is 0.0390. The van der Waals surface area contributed by atoms with Crippen molar-refractivity contribution in [3.05, 3.63) is 21.9 Å². The van der Waals surface area contributed by atoms with Crippen LogP contribution in [0.25, 0.3) is 0 Å². The highest BCUT2D eigenvalue weighted by Crippen LogP contribution is 2.31. The fourth-order valence-corrected chi connectivity index (χ4v) is 3.40. The maximum Gasteiger partial charge on any atom is 0.226 e. The van der Waals surface area contributed by atoms with E-state index in [0.717, 1.165) is 18.5 Å². The number of hydrogen-bond acceptors (Lipinski definition) is 7. The fraction of sp³-hybridized carbons (Fsp3) is 0.462. The number of carbonyl (C=O) groups is 1. The number of nitrogens with one attached hydrogen (secondary N) is 2. The summed E-state index contributed by atoms with van der Waals surface area (Å²) in [6.07, 6.45) is 3.48. The Balaban J connectivity index is 1.43. The fourth-order valence-electron chi connectivity index (χ4n) is 2.37. The van der Waals surface area contributed by atoms with E-state index in [9.17, 15) is 4.79 Å². The second-order valence-corrected chi connectivity index (χ2v) is 6.96. The van der Waals surface area contributed by atoms with Gasteiger partial charge in [-0.15, -0.1) is 5.10 Å². The standard InChI is InChI=1S/C13H14ClN7OS/c1-21-9(6-16-20-21)4-11(22)17-7-2-8(3-7)18-13-19-10(5-15)12(14)23-13/h6-8H,2-4H2,1H3,(H,17,22)(H,18,19). The topological polar surface area (TPSA) is 109 Å². The van der Waals surface area contributed by atoms with Gasteiger partial charge in [0.1, 0.15) is 10.4 Å². The number of nitrogens with zero attached hydrogens (tertiary/aromatic N) is 5. The van der Waals surface area contributed by atoms with Crippen molar-refractivity contribution in [1.82, 2.24) is 25.3 Å². The highest BCUT2D eigenvalue weighted by atomic mass is 35.5. The van der Waals surface area contributed by atoms with Crippen molar-refractivity contribution in [2.24, 2.45) is 7.05 Å². The van der Waals surface area contributed by atoms with Gasteiger partial charge < -0.3 is 10.6 Å². The van der Waals surface area contributed by atoms with E-state index in [1.807, 2.05) is 6.07 Å².